The average Bonchev–Trinajstić information content (AvgIpc) is 2.55. The number of nitrogens with zero attached hydrogens (tertiary/aromatic N) is 3. The number of hydrogen-bond donors (Lipinski definition) is 1. The number of hydrogen-bond acceptors (Lipinski definition) is 4. The molecule has 0 aliphatic heterocycles. The van der Waals surface area contributed by atoms with E-state index >= 15 is 0 Å². The third-order valence-corrected chi connectivity index (χ3v) is 2.38. The molecule has 0 aliphatic rings. The van der Waals surface area contributed by atoms with E-state index in [9.17, 15) is 14.9 Å². The number of rotatable bonds is 3. The van der Waals surface area contributed by atoms with Crippen molar-refractivity contribution in [2.45, 2.75) is 13.3 Å². The minimum atomic E-state index is -0.948. The molecule has 0 aromatic carbocycles. The lowest BCUT2D eigenvalue weighted by atomic mass is 10.2. The van der Waals surface area contributed by atoms with Crippen LogP contribution >= 0.6 is 0 Å². The predicted octanol–water partition coefficient (Wildman–Crippen LogP) is 1.18. The molecule has 0 radical (unpaired) electrons. The number of carbonyl (C=O) groups is 1. The molecule has 0 saturated heterocycles. The molecule has 88 valence electrons. The van der Waals surface area contributed by atoms with Crippen LogP contribution < -0.4 is 0 Å². The zero-order valence-corrected chi connectivity index (χ0v) is 8.95. The fourth-order valence-electron chi connectivity index (χ4n) is 1.67. The zero-order chi connectivity index (χ0) is 12.6. The Morgan fingerprint density at radius 1 is 1.59 bits per heavy atom. The molecule has 0 unspecified atom stereocenters. The molecule has 2 aromatic heterocycles. The van der Waals surface area contributed by atoms with Gasteiger partial charge in [0, 0.05) is 13.1 Å². The first-order chi connectivity index (χ1) is 7.99. The van der Waals surface area contributed by atoms with Crippen LogP contribution in [0.2, 0.25) is 0 Å². The maximum Gasteiger partial charge on any atom is 0.389 e. The van der Waals surface area contributed by atoms with Gasteiger partial charge in [-0.05, 0) is 21.5 Å². The molecule has 0 fully saturated rings. The minimum absolute atomic E-state index is 0.124. The second-order valence-electron chi connectivity index (χ2n) is 3.60. The van der Waals surface area contributed by atoms with Gasteiger partial charge in [0.05, 0.1) is 6.42 Å². The van der Waals surface area contributed by atoms with Crippen molar-refractivity contribution in [3.05, 3.63) is 39.8 Å². The summed E-state index contributed by atoms with van der Waals surface area (Å²) >= 11 is 0. The molecule has 0 atom stereocenters. The highest BCUT2D eigenvalue weighted by Gasteiger charge is 2.19. The fraction of sp³-hybridized carbons (Fsp3) is 0.200. The van der Waals surface area contributed by atoms with Crippen molar-refractivity contribution in [1.29, 1.82) is 0 Å². The van der Waals surface area contributed by atoms with Gasteiger partial charge in [0.15, 0.2) is 0 Å². The first kappa shape index (κ1) is 11.1. The minimum Gasteiger partial charge on any atom is -0.481 e. The lowest BCUT2D eigenvalue weighted by molar-refractivity contribution is -0.387. The van der Waals surface area contributed by atoms with Gasteiger partial charge >= 0.3 is 11.8 Å². The van der Waals surface area contributed by atoms with Crippen molar-refractivity contribution < 1.29 is 14.8 Å². The van der Waals surface area contributed by atoms with E-state index in [4.69, 9.17) is 5.11 Å². The first-order valence-corrected chi connectivity index (χ1v) is 4.83. The number of nitro groups is 1. The molecule has 7 nitrogen and oxygen atoms in total. The van der Waals surface area contributed by atoms with Crippen molar-refractivity contribution in [3.8, 4) is 0 Å². The van der Waals surface area contributed by atoms with Crippen molar-refractivity contribution in [2.75, 3.05) is 0 Å². The number of aliphatic carboxylic acids is 1. The Bertz CT molecular complexity index is 617. The number of carboxylic acids is 1. The fourth-order valence-corrected chi connectivity index (χ4v) is 1.67. The monoisotopic (exact) mass is 235 g/mol. The van der Waals surface area contributed by atoms with Gasteiger partial charge in [0.2, 0.25) is 5.82 Å². The van der Waals surface area contributed by atoms with E-state index < -0.39 is 10.9 Å². The summed E-state index contributed by atoms with van der Waals surface area (Å²) in [6.45, 7) is 1.63. The number of carboxylic acid groups (broad SMARTS) is 1. The summed E-state index contributed by atoms with van der Waals surface area (Å²) in [5.41, 5.74) is 0.932. The van der Waals surface area contributed by atoms with Gasteiger partial charge < -0.3 is 15.2 Å². The van der Waals surface area contributed by atoms with Gasteiger partial charge in [-0.1, -0.05) is 6.07 Å². The molecule has 1 N–H and O–H groups in total. The van der Waals surface area contributed by atoms with Crippen LogP contribution in [-0.2, 0) is 11.2 Å². The Balaban J connectivity index is 2.59. The number of aryl methyl sites for hydroxylation is 1. The predicted molar refractivity (Wildman–Crippen MR) is 57.9 cm³/mol. The molecule has 0 spiro atoms. The number of imidazole rings is 1. The Morgan fingerprint density at radius 3 is 2.88 bits per heavy atom. The second-order valence-corrected chi connectivity index (χ2v) is 3.60. The Kier molecular flexibility index (Phi) is 2.51. The van der Waals surface area contributed by atoms with Crippen LogP contribution in [0.4, 0.5) is 5.82 Å². The highest BCUT2D eigenvalue weighted by Crippen LogP contribution is 2.20. The molecular weight excluding hydrogens is 226 g/mol. The smallest absolute Gasteiger partial charge is 0.389 e. The summed E-state index contributed by atoms with van der Waals surface area (Å²) in [5.74, 6) is -0.708. The van der Waals surface area contributed by atoms with Gasteiger partial charge in [-0.2, -0.15) is 0 Å². The standard InChI is InChI=1S/C10H9N3O4/c1-6-11-10(13(16)17)8-3-2-7(4-9(14)15)5-12(6)8/h2-3,5H,4H2,1H3,(H,14,15). The Labute approximate surface area is 95.5 Å². The number of fused-ring (bicyclic) bond motifs is 1. The summed E-state index contributed by atoms with van der Waals surface area (Å²) < 4.78 is 1.52. The summed E-state index contributed by atoms with van der Waals surface area (Å²) in [6.07, 6.45) is 1.43. The molecule has 2 rings (SSSR count). The van der Waals surface area contributed by atoms with E-state index in [1.54, 1.807) is 19.2 Å². The van der Waals surface area contributed by atoms with Crippen LogP contribution in [0.25, 0.3) is 5.52 Å². The van der Waals surface area contributed by atoms with Gasteiger partial charge in [0.1, 0.15) is 5.52 Å². The van der Waals surface area contributed by atoms with Crippen molar-refractivity contribution in [2.24, 2.45) is 0 Å². The Hall–Kier alpha value is -2.44. The third-order valence-electron chi connectivity index (χ3n) is 2.38. The highest BCUT2D eigenvalue weighted by atomic mass is 16.6. The van der Waals surface area contributed by atoms with E-state index in [-0.39, 0.29) is 12.2 Å². The van der Waals surface area contributed by atoms with Crippen LogP contribution in [0, 0.1) is 17.0 Å². The lowest BCUT2D eigenvalue weighted by Crippen LogP contribution is -2.01. The molecular formula is C10H9N3O4. The van der Waals surface area contributed by atoms with Crippen LogP contribution in [-0.4, -0.2) is 25.4 Å². The van der Waals surface area contributed by atoms with Crippen molar-refractivity contribution in [3.63, 3.8) is 0 Å². The van der Waals surface area contributed by atoms with E-state index in [2.05, 4.69) is 4.98 Å². The Morgan fingerprint density at radius 2 is 2.29 bits per heavy atom. The summed E-state index contributed by atoms with van der Waals surface area (Å²) in [5, 5.41) is 19.4. The highest BCUT2D eigenvalue weighted by molar-refractivity contribution is 5.71. The summed E-state index contributed by atoms with van der Waals surface area (Å²) in [6, 6.07) is 3.06. The normalized spacial score (nSPS) is 10.6. The molecule has 0 saturated carbocycles. The first-order valence-electron chi connectivity index (χ1n) is 4.83. The van der Waals surface area contributed by atoms with E-state index in [1.165, 1.54) is 10.5 Å². The molecule has 17 heavy (non-hydrogen) atoms. The number of pyridine rings is 1. The van der Waals surface area contributed by atoms with Crippen molar-refractivity contribution >= 4 is 17.3 Å². The molecule has 0 aliphatic carbocycles. The molecule has 2 aromatic rings. The van der Waals surface area contributed by atoms with Crippen LogP contribution in [0.1, 0.15) is 11.4 Å². The zero-order valence-electron chi connectivity index (χ0n) is 8.95. The molecule has 0 bridgehead atoms. The molecule has 7 heteroatoms. The van der Waals surface area contributed by atoms with Crippen molar-refractivity contribution in [1.82, 2.24) is 9.38 Å². The van der Waals surface area contributed by atoms with Gasteiger partial charge in [-0.25, -0.2) is 0 Å². The van der Waals surface area contributed by atoms with E-state index in [0.29, 0.717) is 16.9 Å². The molecule has 2 heterocycles. The van der Waals surface area contributed by atoms with Crippen LogP contribution in [0.3, 0.4) is 0 Å². The average molecular weight is 235 g/mol. The third kappa shape index (κ3) is 1.94. The summed E-state index contributed by atoms with van der Waals surface area (Å²) in [7, 11) is 0. The van der Waals surface area contributed by atoms with Crippen LogP contribution in [0.15, 0.2) is 18.3 Å². The SMILES string of the molecule is Cc1nc([N+](=O)[O-])c2ccc(CC(=O)O)cn12. The topological polar surface area (TPSA) is 97.7 Å². The second kappa shape index (κ2) is 3.85. The van der Waals surface area contributed by atoms with Gasteiger partial charge in [-0.15, -0.1) is 0 Å². The largest absolute Gasteiger partial charge is 0.481 e. The van der Waals surface area contributed by atoms with E-state index in [0.717, 1.165) is 0 Å². The number of aromatic nitrogens is 2. The molecule has 0 amide bonds. The van der Waals surface area contributed by atoms with Crippen LogP contribution in [0.5, 0.6) is 0 Å². The lowest BCUT2D eigenvalue weighted by Gasteiger charge is -1.99. The maximum absolute atomic E-state index is 10.7. The maximum atomic E-state index is 10.7. The van der Waals surface area contributed by atoms with E-state index in [1.807, 2.05) is 0 Å². The van der Waals surface area contributed by atoms with Gasteiger partial charge in [-0.3, -0.25) is 9.20 Å². The quantitative estimate of drug-likeness (QED) is 0.636. The summed E-state index contributed by atoms with van der Waals surface area (Å²) in [4.78, 5) is 24.6. The van der Waals surface area contributed by atoms with Gasteiger partial charge in [0.25, 0.3) is 0 Å².